The molecule has 0 spiro atoms. The van der Waals surface area contributed by atoms with Crippen LogP contribution in [-0.4, -0.2) is 60.1 Å². The van der Waals surface area contributed by atoms with E-state index in [1.165, 1.54) is 24.1 Å². The number of carbonyl (C=O) groups excluding carboxylic acids is 2. The van der Waals surface area contributed by atoms with Crippen molar-refractivity contribution >= 4 is 55.3 Å². The number of methoxy groups -OCH3 is 1. The normalized spacial score (nSPS) is 11.2. The van der Waals surface area contributed by atoms with Crippen molar-refractivity contribution in [2.24, 2.45) is 0 Å². The Kier molecular flexibility index (Phi) is 7.49. The molecule has 41 heavy (non-hydrogen) atoms. The van der Waals surface area contributed by atoms with Gasteiger partial charge in [0.25, 0.3) is 15.9 Å². The van der Waals surface area contributed by atoms with E-state index in [1.54, 1.807) is 60.7 Å². The van der Waals surface area contributed by atoms with Crippen molar-refractivity contribution in [1.82, 2.24) is 19.1 Å². The van der Waals surface area contributed by atoms with E-state index in [-0.39, 0.29) is 39.2 Å². The Morgan fingerprint density at radius 1 is 0.976 bits per heavy atom. The zero-order valence-corrected chi connectivity index (χ0v) is 23.8. The lowest BCUT2D eigenvalue weighted by Crippen LogP contribution is -2.29. The third-order valence-electron chi connectivity index (χ3n) is 6.44. The summed E-state index contributed by atoms with van der Waals surface area (Å²) in [6, 6.07) is 20.0. The topological polar surface area (TPSA) is 111 Å². The van der Waals surface area contributed by atoms with Gasteiger partial charge >= 0.3 is 5.97 Å². The fourth-order valence-electron chi connectivity index (χ4n) is 4.38. The highest BCUT2D eigenvalue weighted by molar-refractivity contribution is 7.90. The molecule has 1 amide bonds. The minimum atomic E-state index is -4.26. The molecule has 0 bridgehead atoms. The molecule has 5 rings (SSSR count). The molecule has 206 valence electrons. The van der Waals surface area contributed by atoms with Gasteiger partial charge in [0.2, 0.25) is 0 Å². The van der Waals surface area contributed by atoms with Crippen LogP contribution in [0.4, 0.5) is 0 Å². The highest BCUT2D eigenvalue weighted by atomic mass is 35.5. The third kappa shape index (κ3) is 5.01. The molecule has 2 aromatic heterocycles. The van der Waals surface area contributed by atoms with E-state index in [0.29, 0.717) is 16.0 Å². The summed E-state index contributed by atoms with van der Waals surface area (Å²) in [5.74, 6) is 4.39. The molecule has 5 aromatic rings. The monoisotopic (exact) mass is 586 g/mol. The first-order chi connectivity index (χ1) is 19.6. The maximum absolute atomic E-state index is 14.1. The van der Waals surface area contributed by atoms with Crippen LogP contribution in [0.5, 0.6) is 0 Å². The van der Waals surface area contributed by atoms with Crippen molar-refractivity contribution in [3.05, 3.63) is 100 Å². The van der Waals surface area contributed by atoms with Crippen molar-refractivity contribution in [2.75, 3.05) is 20.7 Å². The number of esters is 1. The number of hydrogen-bond acceptors (Lipinski definition) is 7. The molecule has 0 saturated heterocycles. The molecule has 11 heteroatoms. The van der Waals surface area contributed by atoms with Gasteiger partial charge in [-0.25, -0.2) is 17.2 Å². The van der Waals surface area contributed by atoms with Crippen LogP contribution in [0.1, 0.15) is 32.1 Å². The second-order valence-corrected chi connectivity index (χ2v) is 11.3. The summed E-state index contributed by atoms with van der Waals surface area (Å²) < 4.78 is 34.0. The number of nitrogens with zero attached hydrogens (tertiary/aromatic N) is 4. The molecule has 0 fully saturated rings. The summed E-state index contributed by atoms with van der Waals surface area (Å²) in [4.78, 5) is 27.8. The van der Waals surface area contributed by atoms with Crippen LogP contribution in [0.15, 0.2) is 77.7 Å². The van der Waals surface area contributed by atoms with Gasteiger partial charge in [0.1, 0.15) is 5.52 Å². The average Bonchev–Trinajstić information content (AvgIpc) is 3.33. The first kappa shape index (κ1) is 27.8. The van der Waals surface area contributed by atoms with Crippen molar-refractivity contribution in [3.63, 3.8) is 0 Å². The van der Waals surface area contributed by atoms with E-state index in [0.717, 1.165) is 16.6 Å². The Hall–Kier alpha value is -4.72. The smallest absolute Gasteiger partial charge is 0.360 e. The standard InChI is InChI=1S/C30H23ClN4O5S/c1-19-14-16-21(17-15-19)41(38,39)35-24-13-7-5-11-22(24)25-26(32-33-27(28(25)35)30(37)40-3)29(36)34(2)18-8-10-20-9-4-6-12-23(20)31/h4-7,9,11-17H,18H2,1-3H3. The van der Waals surface area contributed by atoms with Crippen LogP contribution in [0.25, 0.3) is 21.8 Å². The van der Waals surface area contributed by atoms with Crippen molar-refractivity contribution < 1.29 is 22.7 Å². The number of aryl methyl sites for hydroxylation is 1. The lowest BCUT2D eigenvalue weighted by Gasteiger charge is -2.15. The molecule has 0 aliphatic carbocycles. The van der Waals surface area contributed by atoms with Gasteiger partial charge in [-0.05, 0) is 37.3 Å². The molecule has 0 N–H and O–H groups in total. The van der Waals surface area contributed by atoms with Crippen LogP contribution < -0.4 is 0 Å². The fourth-order valence-corrected chi connectivity index (χ4v) is 6.09. The van der Waals surface area contributed by atoms with Gasteiger partial charge in [0.05, 0.1) is 29.1 Å². The van der Waals surface area contributed by atoms with Gasteiger partial charge in [-0.3, -0.25) is 4.79 Å². The van der Waals surface area contributed by atoms with Crippen LogP contribution in [0.3, 0.4) is 0 Å². The first-order valence-corrected chi connectivity index (χ1v) is 14.2. The molecule has 0 radical (unpaired) electrons. The number of halogens is 1. The van der Waals surface area contributed by atoms with Crippen LogP contribution in [-0.2, 0) is 14.8 Å². The van der Waals surface area contributed by atoms with E-state index in [9.17, 15) is 18.0 Å². The molecular formula is C30H23ClN4O5S. The Balaban J connectivity index is 1.72. The molecule has 0 atom stereocenters. The van der Waals surface area contributed by atoms with Gasteiger partial charge in [-0.15, -0.1) is 10.2 Å². The number of fused-ring (bicyclic) bond motifs is 3. The summed E-state index contributed by atoms with van der Waals surface area (Å²) in [6.07, 6.45) is 0. The number of carbonyl (C=O) groups is 2. The number of aromatic nitrogens is 3. The Morgan fingerprint density at radius 3 is 2.34 bits per heavy atom. The molecule has 2 heterocycles. The van der Waals surface area contributed by atoms with Crippen molar-refractivity contribution in [3.8, 4) is 11.8 Å². The minimum Gasteiger partial charge on any atom is -0.464 e. The van der Waals surface area contributed by atoms with Crippen LogP contribution >= 0.6 is 11.6 Å². The molecule has 0 aliphatic heterocycles. The second-order valence-electron chi connectivity index (χ2n) is 9.15. The van der Waals surface area contributed by atoms with Gasteiger partial charge in [-0.1, -0.05) is 71.5 Å². The summed E-state index contributed by atoms with van der Waals surface area (Å²) >= 11 is 6.17. The Bertz CT molecular complexity index is 2010. The van der Waals surface area contributed by atoms with E-state index >= 15 is 0 Å². The second kappa shape index (κ2) is 11.0. The fraction of sp³-hybridized carbons (Fsp3) is 0.133. The van der Waals surface area contributed by atoms with Gasteiger partial charge < -0.3 is 9.64 Å². The summed E-state index contributed by atoms with van der Waals surface area (Å²) in [5.41, 5.74) is 1.16. The number of para-hydroxylation sites is 1. The number of ether oxygens (including phenoxy) is 1. The quantitative estimate of drug-likeness (QED) is 0.217. The lowest BCUT2D eigenvalue weighted by atomic mass is 10.1. The SMILES string of the molecule is COC(=O)c1nnc(C(=O)N(C)CC#Cc2ccccc2Cl)c2c3ccccc3n(S(=O)(=O)c3ccc(C)cc3)c12. The van der Waals surface area contributed by atoms with Crippen LogP contribution in [0.2, 0.25) is 5.02 Å². The van der Waals surface area contributed by atoms with E-state index in [2.05, 4.69) is 22.0 Å². The molecule has 0 aliphatic rings. The largest absolute Gasteiger partial charge is 0.464 e. The molecule has 0 unspecified atom stereocenters. The van der Waals surface area contributed by atoms with Gasteiger partial charge in [0, 0.05) is 23.4 Å². The van der Waals surface area contributed by atoms with Gasteiger partial charge in [0.15, 0.2) is 11.4 Å². The lowest BCUT2D eigenvalue weighted by molar-refractivity contribution is 0.0593. The summed E-state index contributed by atoms with van der Waals surface area (Å²) in [6.45, 7) is 1.86. The predicted molar refractivity (Wildman–Crippen MR) is 155 cm³/mol. The van der Waals surface area contributed by atoms with Gasteiger partial charge in [-0.2, -0.15) is 0 Å². The molecule has 0 saturated carbocycles. The van der Waals surface area contributed by atoms with E-state index in [4.69, 9.17) is 16.3 Å². The number of benzene rings is 3. The number of rotatable bonds is 5. The van der Waals surface area contributed by atoms with E-state index < -0.39 is 21.9 Å². The van der Waals surface area contributed by atoms with Crippen molar-refractivity contribution in [2.45, 2.75) is 11.8 Å². The molecular weight excluding hydrogens is 564 g/mol. The first-order valence-electron chi connectivity index (χ1n) is 12.3. The summed E-state index contributed by atoms with van der Waals surface area (Å²) in [5, 5.41) is 9.12. The zero-order chi connectivity index (χ0) is 29.3. The third-order valence-corrected chi connectivity index (χ3v) is 8.50. The Labute approximate surface area is 241 Å². The highest BCUT2D eigenvalue weighted by Gasteiger charge is 2.32. The maximum Gasteiger partial charge on any atom is 0.360 e. The predicted octanol–water partition coefficient (Wildman–Crippen LogP) is 4.69. The molecule has 9 nitrogen and oxygen atoms in total. The summed E-state index contributed by atoms with van der Waals surface area (Å²) in [7, 11) is -1.57. The Morgan fingerprint density at radius 2 is 1.63 bits per heavy atom. The number of hydrogen-bond donors (Lipinski definition) is 0. The highest BCUT2D eigenvalue weighted by Crippen LogP contribution is 2.36. The number of amides is 1. The minimum absolute atomic E-state index is 0.00165. The van der Waals surface area contributed by atoms with Crippen molar-refractivity contribution in [1.29, 1.82) is 0 Å². The zero-order valence-electron chi connectivity index (χ0n) is 22.3. The maximum atomic E-state index is 14.1. The van der Waals surface area contributed by atoms with E-state index in [1.807, 2.05) is 6.92 Å². The van der Waals surface area contributed by atoms with Crippen LogP contribution in [0, 0.1) is 18.8 Å². The molecule has 3 aromatic carbocycles. The average molecular weight is 587 g/mol.